The lowest BCUT2D eigenvalue weighted by Crippen LogP contribution is -1.73. The average Bonchev–Trinajstić information content (AvgIpc) is 2.14. The first kappa shape index (κ1) is 13.3. The smallest absolute Gasteiger partial charge is 0.0897 e. The Morgan fingerprint density at radius 2 is 2.20 bits per heavy atom. The summed E-state index contributed by atoms with van der Waals surface area (Å²) in [7, 11) is 0. The molecule has 0 aliphatic carbocycles. The summed E-state index contributed by atoms with van der Waals surface area (Å²) in [5, 5.41) is 4.07. The van der Waals surface area contributed by atoms with Gasteiger partial charge in [-0.05, 0) is 6.92 Å². The molecule has 0 spiro atoms. The molecular weight excluding hydrogens is 257 g/mol. The predicted octanol–water partition coefficient (Wildman–Crippen LogP) is 3.19. The minimum absolute atomic E-state index is 0. The van der Waals surface area contributed by atoms with Crippen molar-refractivity contribution in [1.82, 2.24) is 4.98 Å². The molecule has 1 aromatic heterocycles. The molecule has 1 rings (SSSR count). The van der Waals surface area contributed by atoms with Crippen molar-refractivity contribution in [3.05, 3.63) is 16.1 Å². The minimum atomic E-state index is 0. The zero-order chi connectivity index (χ0) is 5.98. The van der Waals surface area contributed by atoms with E-state index >= 15 is 0 Å². The number of rotatable bonds is 1. The van der Waals surface area contributed by atoms with Crippen LogP contribution in [0.2, 0.25) is 0 Å². The second kappa shape index (κ2) is 6.40. The van der Waals surface area contributed by atoms with Gasteiger partial charge in [0.1, 0.15) is 0 Å². The van der Waals surface area contributed by atoms with Gasteiger partial charge in [-0.3, -0.25) is 0 Å². The lowest BCUT2D eigenvalue weighted by Gasteiger charge is -1.78. The fourth-order valence-corrected chi connectivity index (χ4v) is 1.58. The van der Waals surface area contributed by atoms with Crippen molar-refractivity contribution >= 4 is 52.1 Å². The fraction of sp³-hybridized carbons (Fsp3) is 0.400. The van der Waals surface area contributed by atoms with Gasteiger partial charge in [-0.25, -0.2) is 4.98 Å². The maximum absolute atomic E-state index is 4.20. The molecule has 0 aromatic carbocycles. The van der Waals surface area contributed by atoms with Crippen molar-refractivity contribution < 1.29 is 0 Å². The van der Waals surface area contributed by atoms with Crippen LogP contribution in [0.3, 0.4) is 0 Å². The van der Waals surface area contributed by atoms with Crippen LogP contribution in [0, 0.1) is 6.92 Å². The third-order valence-corrected chi connectivity index (χ3v) is 2.20. The molecule has 0 amide bonds. The largest absolute Gasteiger partial charge is 0.246 e. The van der Waals surface area contributed by atoms with E-state index in [1.807, 2.05) is 6.92 Å². The van der Waals surface area contributed by atoms with Crippen LogP contribution < -0.4 is 0 Å². The summed E-state index contributed by atoms with van der Waals surface area (Å²) >= 11 is 5.00. The van der Waals surface area contributed by atoms with Gasteiger partial charge < -0.3 is 0 Å². The molecule has 0 unspecified atom stereocenters. The van der Waals surface area contributed by atoms with E-state index < -0.39 is 0 Å². The van der Waals surface area contributed by atoms with Gasteiger partial charge in [-0.1, -0.05) is 15.9 Å². The normalized spacial score (nSPS) is 7.80. The molecule has 0 saturated heterocycles. The van der Waals surface area contributed by atoms with Gasteiger partial charge >= 0.3 is 0 Å². The maximum atomic E-state index is 4.20. The Morgan fingerprint density at radius 3 is 2.40 bits per heavy atom. The Balaban J connectivity index is 0. The summed E-state index contributed by atoms with van der Waals surface area (Å²) in [5.41, 5.74) is 1.13. The van der Waals surface area contributed by atoms with E-state index in [0.29, 0.717) is 0 Å². The van der Waals surface area contributed by atoms with Gasteiger partial charge in [-0.2, -0.15) is 0 Å². The zero-order valence-electron chi connectivity index (χ0n) is 5.33. The fourth-order valence-electron chi connectivity index (χ4n) is 0.470. The van der Waals surface area contributed by atoms with Gasteiger partial charge in [-0.15, -0.1) is 36.2 Å². The standard InChI is InChI=1S/C5H6BrNS.2ClH/c1-4-7-5(2-6)3-8-4;;/h3H,2H2,1H3;2*1H. The number of alkyl halides is 1. The Morgan fingerprint density at radius 1 is 1.60 bits per heavy atom. The highest BCUT2D eigenvalue weighted by atomic mass is 79.9. The van der Waals surface area contributed by atoms with Crippen LogP contribution in [0.1, 0.15) is 10.7 Å². The molecule has 1 aromatic rings. The van der Waals surface area contributed by atoms with Crippen molar-refractivity contribution in [3.63, 3.8) is 0 Å². The summed E-state index contributed by atoms with van der Waals surface area (Å²) in [4.78, 5) is 4.20. The van der Waals surface area contributed by atoms with Crippen LogP contribution in [0.15, 0.2) is 5.38 Å². The number of nitrogens with zero attached hydrogens (tertiary/aromatic N) is 1. The quantitative estimate of drug-likeness (QED) is 0.710. The van der Waals surface area contributed by atoms with Crippen LogP contribution in [-0.4, -0.2) is 4.98 Å². The number of hydrogen-bond donors (Lipinski definition) is 0. The lowest BCUT2D eigenvalue weighted by molar-refractivity contribution is 1.19. The minimum Gasteiger partial charge on any atom is -0.246 e. The molecule has 0 atom stereocenters. The third kappa shape index (κ3) is 3.76. The summed E-state index contributed by atoms with van der Waals surface area (Å²) in [5.74, 6) is 0. The number of thiazole rings is 1. The third-order valence-electron chi connectivity index (χ3n) is 0.803. The van der Waals surface area contributed by atoms with E-state index in [1.165, 1.54) is 0 Å². The first-order valence-electron chi connectivity index (χ1n) is 2.30. The van der Waals surface area contributed by atoms with E-state index in [4.69, 9.17) is 0 Å². The molecule has 10 heavy (non-hydrogen) atoms. The van der Waals surface area contributed by atoms with Gasteiger partial charge in [0.15, 0.2) is 0 Å². The zero-order valence-corrected chi connectivity index (χ0v) is 9.37. The van der Waals surface area contributed by atoms with Crippen molar-refractivity contribution in [3.8, 4) is 0 Å². The van der Waals surface area contributed by atoms with Crippen molar-refractivity contribution in [2.24, 2.45) is 0 Å². The number of aryl methyl sites for hydroxylation is 1. The summed E-state index contributed by atoms with van der Waals surface area (Å²) in [6.07, 6.45) is 0. The van der Waals surface area contributed by atoms with Gasteiger partial charge in [0, 0.05) is 10.7 Å². The Hall–Kier alpha value is 0.690. The second-order valence-corrected chi connectivity index (χ2v) is 3.11. The van der Waals surface area contributed by atoms with Crippen LogP contribution in [-0.2, 0) is 5.33 Å². The van der Waals surface area contributed by atoms with Gasteiger partial charge in [0.2, 0.25) is 0 Å². The van der Waals surface area contributed by atoms with Crippen molar-refractivity contribution in [2.45, 2.75) is 12.3 Å². The molecule has 0 aliphatic heterocycles. The highest BCUT2D eigenvalue weighted by Crippen LogP contribution is 2.09. The first-order valence-corrected chi connectivity index (χ1v) is 4.30. The first-order chi connectivity index (χ1) is 3.83. The Kier molecular flexibility index (Phi) is 8.51. The van der Waals surface area contributed by atoms with E-state index in [2.05, 4.69) is 26.3 Å². The molecule has 0 fully saturated rings. The molecule has 0 saturated carbocycles. The number of aromatic nitrogens is 1. The molecule has 0 aliphatic rings. The number of halogens is 3. The summed E-state index contributed by atoms with van der Waals surface area (Å²) < 4.78 is 0. The van der Waals surface area contributed by atoms with Crippen molar-refractivity contribution in [1.29, 1.82) is 0 Å². The van der Waals surface area contributed by atoms with E-state index in [-0.39, 0.29) is 24.8 Å². The highest BCUT2D eigenvalue weighted by molar-refractivity contribution is 9.08. The van der Waals surface area contributed by atoms with Crippen LogP contribution in [0.5, 0.6) is 0 Å². The Bertz CT molecular complexity index is 180. The van der Waals surface area contributed by atoms with E-state index in [9.17, 15) is 0 Å². The maximum Gasteiger partial charge on any atom is 0.0897 e. The monoisotopic (exact) mass is 263 g/mol. The van der Waals surface area contributed by atoms with Gasteiger partial charge in [0.05, 0.1) is 10.7 Å². The summed E-state index contributed by atoms with van der Waals surface area (Å²) in [6, 6.07) is 0. The van der Waals surface area contributed by atoms with Crippen molar-refractivity contribution in [2.75, 3.05) is 0 Å². The number of hydrogen-bond acceptors (Lipinski definition) is 2. The van der Waals surface area contributed by atoms with Gasteiger partial charge in [0.25, 0.3) is 0 Å². The van der Waals surface area contributed by atoms with Crippen LogP contribution in [0.4, 0.5) is 0 Å². The molecule has 0 radical (unpaired) electrons. The van der Waals surface area contributed by atoms with E-state index in [1.54, 1.807) is 11.3 Å². The molecule has 5 heteroatoms. The molecule has 0 bridgehead atoms. The molecule has 60 valence electrons. The highest BCUT2D eigenvalue weighted by Gasteiger charge is 1.92. The molecule has 1 heterocycles. The molecule has 1 nitrogen and oxygen atoms in total. The van der Waals surface area contributed by atoms with Crippen LogP contribution in [0.25, 0.3) is 0 Å². The lowest BCUT2D eigenvalue weighted by atomic mass is 10.6. The van der Waals surface area contributed by atoms with Crippen LogP contribution >= 0.6 is 52.1 Å². The summed E-state index contributed by atoms with van der Waals surface area (Å²) in [6.45, 7) is 2.01. The Labute approximate surface area is 85.2 Å². The SMILES string of the molecule is Cc1nc(CBr)cs1.Cl.Cl. The molecule has 0 N–H and O–H groups in total. The molecular formula is C5H8BrCl2NS. The van der Waals surface area contributed by atoms with E-state index in [0.717, 1.165) is 16.0 Å². The second-order valence-electron chi connectivity index (χ2n) is 1.49. The topological polar surface area (TPSA) is 12.9 Å². The predicted molar refractivity (Wildman–Crippen MR) is 54.0 cm³/mol. The average molecular weight is 265 g/mol.